The lowest BCUT2D eigenvalue weighted by molar-refractivity contribution is -0.119. The average Bonchev–Trinajstić information content (AvgIpc) is 2.61. The van der Waals surface area contributed by atoms with Gasteiger partial charge in [0.15, 0.2) is 0 Å². The first kappa shape index (κ1) is 17.8. The Balaban J connectivity index is 1.73. The molecule has 1 amide bonds. The number of nitrogens with one attached hydrogen (secondary N) is 1. The van der Waals surface area contributed by atoms with Crippen LogP contribution in [0.2, 0.25) is 0 Å². The van der Waals surface area contributed by atoms with E-state index < -0.39 is 21.7 Å². The minimum absolute atomic E-state index is 0.0443. The summed E-state index contributed by atoms with van der Waals surface area (Å²) >= 11 is 0. The Hall–Kier alpha value is -2.06. The van der Waals surface area contributed by atoms with Crippen LogP contribution in [0.1, 0.15) is 25.7 Å². The number of amides is 1. The van der Waals surface area contributed by atoms with E-state index in [0.717, 1.165) is 31.6 Å². The minimum atomic E-state index is -4.09. The van der Waals surface area contributed by atoms with Crippen molar-refractivity contribution in [1.29, 1.82) is 0 Å². The molecule has 1 atom stereocenters. The first-order valence-electron chi connectivity index (χ1n) is 8.14. The van der Waals surface area contributed by atoms with Gasteiger partial charge >= 0.3 is 0 Å². The summed E-state index contributed by atoms with van der Waals surface area (Å²) in [7, 11) is -4.09. The molecular weight excluding hydrogens is 347 g/mol. The molecule has 0 aliphatic carbocycles. The molecule has 2 aromatic rings. The number of carbonyl (C=O) groups excluding carboxylic acids is 1. The van der Waals surface area contributed by atoms with Crippen molar-refractivity contribution in [2.45, 2.75) is 30.6 Å². The molecular formula is C17H19FN2O4S. The third kappa shape index (κ3) is 4.13. The Morgan fingerprint density at radius 3 is 2.96 bits per heavy atom. The number of aromatic nitrogens is 1. The molecule has 25 heavy (non-hydrogen) atoms. The van der Waals surface area contributed by atoms with Crippen LogP contribution in [0.25, 0.3) is 10.9 Å². The predicted octanol–water partition coefficient (Wildman–Crippen LogP) is 2.39. The van der Waals surface area contributed by atoms with Gasteiger partial charge in [-0.05, 0) is 49.4 Å². The van der Waals surface area contributed by atoms with Crippen LogP contribution < -0.4 is 4.72 Å². The van der Waals surface area contributed by atoms with E-state index >= 15 is 0 Å². The van der Waals surface area contributed by atoms with E-state index in [0.29, 0.717) is 13.0 Å². The number of ether oxygens (including phenoxy) is 1. The summed E-state index contributed by atoms with van der Waals surface area (Å²) in [4.78, 5) is 15.8. The molecule has 8 heteroatoms. The van der Waals surface area contributed by atoms with Gasteiger partial charge in [-0.3, -0.25) is 9.78 Å². The Kier molecular flexibility index (Phi) is 5.29. The van der Waals surface area contributed by atoms with Crippen LogP contribution in [-0.4, -0.2) is 32.5 Å². The third-order valence-corrected chi connectivity index (χ3v) is 5.68. The standard InChI is InChI=1S/C17H19FN2O4S/c18-14-6-7-15(13-4-1-9-19-17(13)14)25(22,23)20-16(21)8-5-12-3-2-10-24-11-12/h1,4,6-7,9,12H,2-3,5,8,10-11H2,(H,20,21)/t12-/m0/s1. The molecule has 0 unspecified atom stereocenters. The monoisotopic (exact) mass is 366 g/mol. The van der Waals surface area contributed by atoms with Gasteiger partial charge in [0.1, 0.15) is 11.3 Å². The normalized spacial score (nSPS) is 18.2. The van der Waals surface area contributed by atoms with Gasteiger partial charge in [0.05, 0.1) is 4.90 Å². The fourth-order valence-electron chi connectivity index (χ4n) is 2.97. The fraction of sp³-hybridized carbons (Fsp3) is 0.412. The van der Waals surface area contributed by atoms with Crippen LogP contribution >= 0.6 is 0 Å². The smallest absolute Gasteiger partial charge is 0.264 e. The zero-order valence-electron chi connectivity index (χ0n) is 13.6. The number of rotatable bonds is 5. The number of pyridine rings is 1. The molecule has 0 bridgehead atoms. The highest BCUT2D eigenvalue weighted by Gasteiger charge is 2.23. The maximum atomic E-state index is 13.8. The van der Waals surface area contributed by atoms with Gasteiger partial charge in [-0.1, -0.05) is 0 Å². The molecule has 0 saturated carbocycles. The molecule has 1 aliphatic rings. The van der Waals surface area contributed by atoms with Crippen molar-refractivity contribution in [3.63, 3.8) is 0 Å². The summed E-state index contributed by atoms with van der Waals surface area (Å²) in [5.41, 5.74) is -0.0443. The van der Waals surface area contributed by atoms with Crippen LogP contribution in [0.4, 0.5) is 4.39 Å². The van der Waals surface area contributed by atoms with E-state index in [1.807, 2.05) is 0 Å². The number of fused-ring (bicyclic) bond motifs is 1. The zero-order chi connectivity index (χ0) is 17.9. The summed E-state index contributed by atoms with van der Waals surface area (Å²) in [6.07, 6.45) is 4.00. The molecule has 2 heterocycles. The summed E-state index contributed by atoms with van der Waals surface area (Å²) in [6.45, 7) is 1.34. The second kappa shape index (κ2) is 7.45. The maximum Gasteiger partial charge on any atom is 0.264 e. The van der Waals surface area contributed by atoms with Gasteiger partial charge in [-0.15, -0.1) is 0 Å². The van der Waals surface area contributed by atoms with Crippen LogP contribution in [0.5, 0.6) is 0 Å². The van der Waals surface area contributed by atoms with Crippen LogP contribution in [0.15, 0.2) is 35.4 Å². The highest BCUT2D eigenvalue weighted by Crippen LogP contribution is 2.24. The lowest BCUT2D eigenvalue weighted by Gasteiger charge is -2.21. The lowest BCUT2D eigenvalue weighted by atomic mass is 9.97. The van der Waals surface area contributed by atoms with Gasteiger partial charge in [-0.25, -0.2) is 17.5 Å². The Morgan fingerprint density at radius 1 is 1.36 bits per heavy atom. The minimum Gasteiger partial charge on any atom is -0.381 e. The molecule has 134 valence electrons. The number of carbonyl (C=O) groups is 1. The van der Waals surface area contributed by atoms with E-state index in [1.165, 1.54) is 18.3 Å². The maximum absolute atomic E-state index is 13.8. The van der Waals surface area contributed by atoms with Crippen molar-refractivity contribution in [2.24, 2.45) is 5.92 Å². The van der Waals surface area contributed by atoms with Gasteiger partial charge in [0.25, 0.3) is 10.0 Å². The molecule has 6 nitrogen and oxygen atoms in total. The molecule has 0 radical (unpaired) electrons. The third-order valence-electron chi connectivity index (χ3n) is 4.25. The zero-order valence-corrected chi connectivity index (χ0v) is 14.4. The summed E-state index contributed by atoms with van der Waals surface area (Å²) in [5, 5.41) is 0.142. The number of halogens is 1. The van der Waals surface area contributed by atoms with Gasteiger partial charge in [0, 0.05) is 31.2 Å². The van der Waals surface area contributed by atoms with Crippen molar-refractivity contribution >= 4 is 26.8 Å². The highest BCUT2D eigenvalue weighted by molar-refractivity contribution is 7.90. The molecule has 1 N–H and O–H groups in total. The molecule has 1 fully saturated rings. The van der Waals surface area contributed by atoms with Gasteiger partial charge in [-0.2, -0.15) is 0 Å². The van der Waals surface area contributed by atoms with E-state index in [9.17, 15) is 17.6 Å². The molecule has 1 aliphatic heterocycles. The quantitative estimate of drug-likeness (QED) is 0.878. The van der Waals surface area contributed by atoms with E-state index in [4.69, 9.17) is 4.74 Å². The average molecular weight is 366 g/mol. The number of hydrogen-bond donors (Lipinski definition) is 1. The second-order valence-electron chi connectivity index (χ2n) is 6.10. The largest absolute Gasteiger partial charge is 0.381 e. The van der Waals surface area contributed by atoms with Crippen LogP contribution in [-0.2, 0) is 19.6 Å². The first-order chi connectivity index (χ1) is 12.0. The van der Waals surface area contributed by atoms with E-state index in [-0.39, 0.29) is 28.1 Å². The number of hydrogen-bond acceptors (Lipinski definition) is 5. The molecule has 0 spiro atoms. The Bertz CT molecular complexity index is 879. The fourth-order valence-corrected chi connectivity index (χ4v) is 4.19. The number of sulfonamides is 1. The van der Waals surface area contributed by atoms with Crippen molar-refractivity contribution in [1.82, 2.24) is 9.71 Å². The predicted molar refractivity (Wildman–Crippen MR) is 89.8 cm³/mol. The van der Waals surface area contributed by atoms with Crippen LogP contribution in [0, 0.1) is 11.7 Å². The molecule has 1 aromatic heterocycles. The van der Waals surface area contributed by atoms with Gasteiger partial charge in [0.2, 0.25) is 5.91 Å². The van der Waals surface area contributed by atoms with E-state index in [2.05, 4.69) is 9.71 Å². The van der Waals surface area contributed by atoms with Crippen LogP contribution in [0.3, 0.4) is 0 Å². The van der Waals surface area contributed by atoms with E-state index in [1.54, 1.807) is 0 Å². The molecule has 1 saturated heterocycles. The topological polar surface area (TPSA) is 85.4 Å². The first-order valence-corrected chi connectivity index (χ1v) is 9.62. The van der Waals surface area contributed by atoms with Crippen molar-refractivity contribution < 1.29 is 22.3 Å². The van der Waals surface area contributed by atoms with Gasteiger partial charge < -0.3 is 4.74 Å². The number of benzene rings is 1. The SMILES string of the molecule is O=C(CC[C@@H]1CCCOC1)NS(=O)(=O)c1ccc(F)c2ncccc12. The Labute approximate surface area is 145 Å². The molecule has 1 aromatic carbocycles. The summed E-state index contributed by atoms with van der Waals surface area (Å²) in [6, 6.07) is 5.16. The lowest BCUT2D eigenvalue weighted by Crippen LogP contribution is -2.31. The Morgan fingerprint density at radius 2 is 2.20 bits per heavy atom. The summed E-state index contributed by atoms with van der Waals surface area (Å²) in [5.74, 6) is -0.914. The second-order valence-corrected chi connectivity index (χ2v) is 7.75. The highest BCUT2D eigenvalue weighted by atomic mass is 32.2. The molecule has 3 rings (SSSR count). The van der Waals surface area contributed by atoms with Crippen molar-refractivity contribution in [3.05, 3.63) is 36.3 Å². The van der Waals surface area contributed by atoms with Crippen molar-refractivity contribution in [2.75, 3.05) is 13.2 Å². The number of nitrogens with zero attached hydrogens (tertiary/aromatic N) is 1. The summed E-state index contributed by atoms with van der Waals surface area (Å²) < 4.78 is 46.2. The van der Waals surface area contributed by atoms with Crippen molar-refractivity contribution in [3.8, 4) is 0 Å².